The lowest BCUT2D eigenvalue weighted by molar-refractivity contribution is -0.117. The molecule has 0 saturated carbocycles. The van der Waals surface area contributed by atoms with Crippen LogP contribution in [0.1, 0.15) is 40.4 Å². The lowest BCUT2D eigenvalue weighted by Gasteiger charge is -2.20. The van der Waals surface area contributed by atoms with Crippen LogP contribution in [0, 0.1) is 20.8 Å². The summed E-state index contributed by atoms with van der Waals surface area (Å²) in [5.74, 6) is -0.994. The summed E-state index contributed by atoms with van der Waals surface area (Å²) in [7, 11) is -3.69. The topological polar surface area (TPSA) is 123 Å². The maximum Gasteiger partial charge on any atom is 0.251 e. The highest BCUT2D eigenvalue weighted by molar-refractivity contribution is 7.89. The van der Waals surface area contributed by atoms with Crippen LogP contribution in [0.25, 0.3) is 10.9 Å². The van der Waals surface area contributed by atoms with Gasteiger partial charge in [0, 0.05) is 35.2 Å². The van der Waals surface area contributed by atoms with E-state index in [0.717, 1.165) is 27.6 Å². The third-order valence-electron chi connectivity index (χ3n) is 5.56. The molecule has 1 heterocycles. The fourth-order valence-electron chi connectivity index (χ4n) is 4.13. The van der Waals surface area contributed by atoms with E-state index in [1.165, 1.54) is 0 Å². The summed E-state index contributed by atoms with van der Waals surface area (Å²) in [6.07, 6.45) is 2.48. The second kappa shape index (κ2) is 9.76. The van der Waals surface area contributed by atoms with Crippen molar-refractivity contribution in [1.82, 2.24) is 14.6 Å². The standard InChI is InChI=1S/C24H30N4O4S/c1-5-20(27-33(31,32)23-16(3)10-15(2)11-17(23)4)14-28-9-8-18-12-19(6-7-21(18)28)24(30)26-13-22(25)29/h6-12,20,27H,5,13-14H2,1-4H3,(H2,25,29)(H,26,30)/t20-/m1/s1. The molecule has 2 amide bonds. The Labute approximate surface area is 194 Å². The molecule has 0 aliphatic rings. The molecular weight excluding hydrogens is 440 g/mol. The minimum Gasteiger partial charge on any atom is -0.368 e. The predicted molar refractivity (Wildman–Crippen MR) is 129 cm³/mol. The number of fused-ring (bicyclic) bond motifs is 1. The molecule has 0 radical (unpaired) electrons. The van der Waals surface area contributed by atoms with Crippen LogP contribution in [0.4, 0.5) is 0 Å². The molecule has 2 aromatic carbocycles. The summed E-state index contributed by atoms with van der Waals surface area (Å²) >= 11 is 0. The number of amides is 2. The van der Waals surface area contributed by atoms with E-state index in [1.807, 2.05) is 62.7 Å². The summed E-state index contributed by atoms with van der Waals surface area (Å²) in [6, 6.07) is 10.5. The van der Waals surface area contributed by atoms with Crippen LogP contribution in [0.3, 0.4) is 0 Å². The van der Waals surface area contributed by atoms with Gasteiger partial charge in [-0.1, -0.05) is 24.6 Å². The lowest BCUT2D eigenvalue weighted by Crippen LogP contribution is -2.38. The number of benzene rings is 2. The van der Waals surface area contributed by atoms with Crippen molar-refractivity contribution in [3.05, 3.63) is 64.8 Å². The Balaban J connectivity index is 1.81. The zero-order valence-electron chi connectivity index (χ0n) is 19.3. The largest absolute Gasteiger partial charge is 0.368 e. The molecule has 0 bridgehead atoms. The van der Waals surface area contributed by atoms with Gasteiger partial charge in [-0.15, -0.1) is 0 Å². The first-order valence-electron chi connectivity index (χ1n) is 10.8. The second-order valence-corrected chi connectivity index (χ2v) is 10.00. The Morgan fingerprint density at radius 3 is 2.33 bits per heavy atom. The number of hydrogen-bond acceptors (Lipinski definition) is 4. The molecule has 176 valence electrons. The van der Waals surface area contributed by atoms with Crippen molar-refractivity contribution in [3.8, 4) is 0 Å². The second-order valence-electron chi connectivity index (χ2n) is 8.34. The maximum atomic E-state index is 13.2. The first kappa shape index (κ1) is 24.5. The van der Waals surface area contributed by atoms with E-state index >= 15 is 0 Å². The van der Waals surface area contributed by atoms with Crippen molar-refractivity contribution in [1.29, 1.82) is 0 Å². The van der Waals surface area contributed by atoms with Gasteiger partial charge in [-0.25, -0.2) is 13.1 Å². The van der Waals surface area contributed by atoms with Gasteiger partial charge in [0.05, 0.1) is 11.4 Å². The van der Waals surface area contributed by atoms with Crippen molar-refractivity contribution >= 4 is 32.7 Å². The summed E-state index contributed by atoms with van der Waals surface area (Å²) in [6.45, 7) is 7.72. The Bertz CT molecular complexity index is 1290. The predicted octanol–water partition coefficient (Wildman–Crippen LogP) is 2.54. The number of carbonyl (C=O) groups excluding carboxylic acids is 2. The number of carbonyl (C=O) groups is 2. The summed E-state index contributed by atoms with van der Waals surface area (Å²) < 4.78 is 31.2. The zero-order chi connectivity index (χ0) is 24.3. The van der Waals surface area contributed by atoms with Gasteiger partial charge in [0.2, 0.25) is 15.9 Å². The van der Waals surface area contributed by atoms with Crippen molar-refractivity contribution < 1.29 is 18.0 Å². The average molecular weight is 471 g/mol. The number of nitrogens with one attached hydrogen (secondary N) is 2. The van der Waals surface area contributed by atoms with E-state index in [-0.39, 0.29) is 18.5 Å². The van der Waals surface area contributed by atoms with Crippen molar-refractivity contribution in [3.63, 3.8) is 0 Å². The molecule has 1 aromatic heterocycles. The minimum atomic E-state index is -3.69. The zero-order valence-corrected chi connectivity index (χ0v) is 20.1. The van der Waals surface area contributed by atoms with Crippen LogP contribution < -0.4 is 15.8 Å². The number of rotatable bonds is 9. The van der Waals surface area contributed by atoms with Gasteiger partial charge in [-0.05, 0) is 62.6 Å². The highest BCUT2D eigenvalue weighted by Gasteiger charge is 2.23. The van der Waals surface area contributed by atoms with Crippen molar-refractivity contribution in [2.75, 3.05) is 6.54 Å². The van der Waals surface area contributed by atoms with Crippen LogP contribution in [-0.2, 0) is 21.4 Å². The Hall–Kier alpha value is -3.17. The molecule has 0 spiro atoms. The van der Waals surface area contributed by atoms with Gasteiger partial charge in [0.15, 0.2) is 0 Å². The lowest BCUT2D eigenvalue weighted by atomic mass is 10.1. The van der Waals surface area contributed by atoms with Crippen molar-refractivity contribution in [2.24, 2.45) is 5.73 Å². The van der Waals surface area contributed by atoms with Crippen LogP contribution in [0.2, 0.25) is 0 Å². The number of aryl methyl sites for hydroxylation is 3. The molecule has 3 rings (SSSR count). The average Bonchev–Trinajstić information content (AvgIpc) is 3.12. The molecule has 8 nitrogen and oxygen atoms in total. The molecule has 9 heteroatoms. The third-order valence-corrected chi connectivity index (χ3v) is 7.39. The number of aromatic nitrogens is 1. The summed E-state index contributed by atoms with van der Waals surface area (Å²) in [5, 5.41) is 3.31. The minimum absolute atomic E-state index is 0.226. The first-order valence-corrected chi connectivity index (χ1v) is 12.3. The number of hydrogen-bond donors (Lipinski definition) is 3. The maximum absolute atomic E-state index is 13.2. The number of nitrogens with zero attached hydrogens (tertiary/aromatic N) is 1. The van der Waals surface area contributed by atoms with Crippen molar-refractivity contribution in [2.45, 2.75) is 51.6 Å². The Kier molecular flexibility index (Phi) is 7.24. The number of nitrogens with two attached hydrogens (primary N) is 1. The van der Waals surface area contributed by atoms with Gasteiger partial charge in [0.25, 0.3) is 5.91 Å². The van der Waals surface area contributed by atoms with E-state index in [0.29, 0.717) is 23.4 Å². The third kappa shape index (κ3) is 5.61. The SMILES string of the molecule is CC[C@H](Cn1ccc2cc(C(=O)NCC(N)=O)ccc21)NS(=O)(=O)c1c(C)cc(C)cc1C. The smallest absolute Gasteiger partial charge is 0.251 e. The fourth-order valence-corrected chi connectivity index (χ4v) is 5.89. The highest BCUT2D eigenvalue weighted by atomic mass is 32.2. The molecule has 3 aromatic rings. The molecule has 0 aliphatic carbocycles. The Morgan fingerprint density at radius 1 is 1.06 bits per heavy atom. The van der Waals surface area contributed by atoms with Crippen LogP contribution in [-0.4, -0.2) is 37.4 Å². The van der Waals surface area contributed by atoms with Gasteiger partial charge in [0.1, 0.15) is 0 Å². The summed E-state index contributed by atoms with van der Waals surface area (Å²) in [4.78, 5) is 23.4. The highest BCUT2D eigenvalue weighted by Crippen LogP contribution is 2.23. The van der Waals surface area contributed by atoms with E-state index in [1.54, 1.807) is 12.1 Å². The quantitative estimate of drug-likeness (QED) is 0.445. The molecule has 0 aliphatic heterocycles. The fraction of sp³-hybridized carbons (Fsp3) is 0.333. The van der Waals surface area contributed by atoms with Crippen LogP contribution in [0.15, 0.2) is 47.5 Å². The molecular formula is C24H30N4O4S. The van der Waals surface area contributed by atoms with Crippen LogP contribution in [0.5, 0.6) is 0 Å². The molecule has 1 atom stereocenters. The molecule has 0 saturated heterocycles. The van der Waals surface area contributed by atoms with Gasteiger partial charge >= 0.3 is 0 Å². The van der Waals surface area contributed by atoms with E-state index in [2.05, 4.69) is 10.0 Å². The molecule has 4 N–H and O–H groups in total. The first-order chi connectivity index (χ1) is 15.5. The van der Waals surface area contributed by atoms with E-state index in [4.69, 9.17) is 5.73 Å². The van der Waals surface area contributed by atoms with Gasteiger partial charge in [-0.2, -0.15) is 0 Å². The van der Waals surface area contributed by atoms with E-state index < -0.39 is 15.9 Å². The Morgan fingerprint density at radius 2 is 1.73 bits per heavy atom. The number of sulfonamides is 1. The molecule has 0 fully saturated rings. The van der Waals surface area contributed by atoms with Gasteiger partial charge < -0.3 is 15.6 Å². The van der Waals surface area contributed by atoms with Crippen LogP contribution >= 0.6 is 0 Å². The summed E-state index contributed by atoms with van der Waals surface area (Å²) in [5.41, 5.74) is 8.84. The molecule has 33 heavy (non-hydrogen) atoms. The normalized spacial score (nSPS) is 12.6. The van der Waals surface area contributed by atoms with E-state index in [9.17, 15) is 18.0 Å². The number of primary amides is 1. The monoisotopic (exact) mass is 470 g/mol. The van der Waals surface area contributed by atoms with Gasteiger partial charge in [-0.3, -0.25) is 9.59 Å². The molecule has 0 unspecified atom stereocenters.